The number of methoxy groups -OCH3 is 1. The van der Waals surface area contributed by atoms with Crippen molar-refractivity contribution in [2.24, 2.45) is 45.9 Å². The first-order chi connectivity index (χ1) is 50.4. The van der Waals surface area contributed by atoms with Crippen molar-refractivity contribution in [3.63, 3.8) is 0 Å². The highest BCUT2D eigenvalue weighted by Crippen LogP contribution is 2.39. The molecule has 0 saturated carbocycles. The second-order valence-electron chi connectivity index (χ2n) is 26.5. The number of nitrogens with two attached hydrogens (primary N) is 8. The van der Waals surface area contributed by atoms with Gasteiger partial charge in [-0.05, 0) is 0 Å². The van der Waals surface area contributed by atoms with Crippen molar-refractivity contribution in [3.05, 3.63) is 0 Å². The van der Waals surface area contributed by atoms with Gasteiger partial charge < -0.3 is 239 Å². The number of rotatable bonds is 26. The molecule has 9 saturated heterocycles. The van der Waals surface area contributed by atoms with Crippen molar-refractivity contribution in [1.29, 1.82) is 0 Å². The predicted octanol–water partition coefficient (Wildman–Crippen LogP) is -20.5. The van der Waals surface area contributed by atoms with Crippen molar-refractivity contribution in [1.82, 2.24) is 5.32 Å². The Morgan fingerprint density at radius 1 is 0.274 bits per heavy atom. The van der Waals surface area contributed by atoms with E-state index in [1.807, 2.05) is 0 Å². The monoisotopic (exact) mass is 1560 g/mol. The molecule has 50 heteroatoms. The number of carbonyl (C=O) groups is 1. The van der Waals surface area contributed by atoms with E-state index in [0.717, 1.165) is 7.11 Å². The molecule has 0 aliphatic carbocycles. The number of hydrogen-bond acceptors (Lipinski definition) is 49. The summed E-state index contributed by atoms with van der Waals surface area (Å²) in [7, 11) is 0.957. The first-order valence-corrected chi connectivity index (χ1v) is 33.6. The molecule has 9 fully saturated rings. The molecule has 9 aliphatic heterocycles. The van der Waals surface area contributed by atoms with Crippen LogP contribution in [-0.2, 0) is 85.3 Å². The number of hydrogen-bond donors (Lipinski definition) is 31. The van der Waals surface area contributed by atoms with Crippen LogP contribution in [0.5, 0.6) is 0 Å². The van der Waals surface area contributed by atoms with E-state index in [9.17, 15) is 107 Å². The Labute approximate surface area is 601 Å². The molecule has 0 spiro atoms. The fraction of sp³-hybridized carbons (Fsp3) is 0.982. The lowest BCUT2D eigenvalue weighted by Crippen LogP contribution is -2.71. The number of aliphatic hydroxyl groups is 20. The summed E-state index contributed by atoms with van der Waals surface area (Å²) in [6.07, 6.45) is -62.6. The number of nitrogens with one attached hydrogen (secondary N) is 1. The van der Waals surface area contributed by atoms with Gasteiger partial charge in [-0.1, -0.05) is 0 Å². The molecule has 0 aromatic rings. The van der Waals surface area contributed by atoms with E-state index in [1.165, 1.54) is 0 Å². The van der Waals surface area contributed by atoms with Crippen molar-refractivity contribution in [3.8, 4) is 0 Å². The summed E-state index contributed by atoms with van der Waals surface area (Å²) in [6, 6.07) is -14.6. The number of amides is 1. The van der Waals surface area contributed by atoms with Crippen LogP contribution in [-0.4, -0.2) is 461 Å². The van der Waals surface area contributed by atoms with Gasteiger partial charge in [0, 0.05) is 0 Å². The summed E-state index contributed by atoms with van der Waals surface area (Å²) in [5.74, 6) is 0. The maximum Gasteiger partial charge on any atom is 0.407 e. The van der Waals surface area contributed by atoms with Gasteiger partial charge in [-0.25, -0.2) is 4.79 Å². The first kappa shape index (κ1) is 88.9. The van der Waals surface area contributed by atoms with Crippen LogP contribution < -0.4 is 51.2 Å². The van der Waals surface area contributed by atoms with Crippen molar-refractivity contribution < 1.29 is 203 Å². The van der Waals surface area contributed by atoms with Crippen LogP contribution in [0.1, 0.15) is 0 Å². The Bertz CT molecular complexity index is 2620. The minimum Gasteiger partial charge on any atom is -0.453 e. The van der Waals surface area contributed by atoms with E-state index in [1.54, 1.807) is 0 Å². The highest BCUT2D eigenvalue weighted by molar-refractivity contribution is 5.67. The van der Waals surface area contributed by atoms with E-state index in [4.69, 9.17) is 142 Å². The Kier molecular flexibility index (Phi) is 33.1. The fourth-order valence-electron chi connectivity index (χ4n) is 13.7. The quantitative estimate of drug-likeness (QED) is 0.0282. The zero-order valence-corrected chi connectivity index (χ0v) is 56.6. The molecule has 9 aliphatic rings. The van der Waals surface area contributed by atoms with Gasteiger partial charge in [0.05, 0.1) is 115 Å². The summed E-state index contributed by atoms with van der Waals surface area (Å²) in [5.41, 5.74) is 50.2. The SMILES string of the molecule is COC(=O)N[C@H]1[C@H](O[C@H]2[C@H](O)[C@@H](N)[C@H](O[C@H]3[C@H](O)[C@@H](N)[C@H](O)O[C@@H]3CO)O[C@@H]2CO)O[C@H](CO)[C@@H](O[C@@H]2O[C@H](CO)[C@@H](O[C@@H]3O[C@H](CO)[C@@H](O[C@@H]4O[C@H](CO)[C@@H](O[C@@H]5O[C@H](CO)[C@@H](O[C@@H]6O[C@H](CO)[C@@H](O[C@@H]7O[C@H](CO)[C@@H](O)[C@H](O)[C@H]7N)[C@H](O)[C@H]6N)[C@H](O)[C@H]5N)[C@H](O)[C@H]4N)[C@H](O)[C@H]3N)[C@H](O)[C@H]2N)[C@@H]1O.OO. The van der Waals surface area contributed by atoms with Crippen LogP contribution in [0.15, 0.2) is 0 Å². The normalized spacial score (nSPS) is 51.0. The maximum absolute atomic E-state index is 12.8. The average Bonchev–Trinajstić information content (AvgIpc) is 0.774. The molecule has 50 nitrogen and oxygen atoms in total. The molecule has 0 aromatic carbocycles. The minimum absolute atomic E-state index is 0.762. The topological polar surface area (TPSA) is 848 Å². The largest absolute Gasteiger partial charge is 0.453 e. The molecular formula is C56H105N9O41. The van der Waals surface area contributed by atoms with Crippen LogP contribution in [0.4, 0.5) is 4.79 Å². The van der Waals surface area contributed by atoms with Crippen molar-refractivity contribution >= 4 is 6.09 Å². The molecule has 9 rings (SSSR count). The molecule has 106 heavy (non-hydrogen) atoms. The van der Waals surface area contributed by atoms with Gasteiger partial charge in [-0.3, -0.25) is 10.5 Å². The van der Waals surface area contributed by atoms with Crippen LogP contribution in [0, 0.1) is 0 Å². The summed E-state index contributed by atoms with van der Waals surface area (Å²) >= 11 is 0. The van der Waals surface area contributed by atoms with Gasteiger partial charge in [-0.15, -0.1) is 0 Å². The standard InChI is InChI=1S/C56H103N9O39.H2O2/c1-87-56(86)65-28-38(84)46(19(10-74)96-55(28)104-45-18(9-73)95-49(27(64)37(45)83)97-39-12(3-67)88-47(85)20(57)31(39)77)103-54-26(63)36(82)44(17(8-72)94-54)102-53-25(62)35(81)43(16(7-71)93-53)101-52-24(61)34(80)42(15(6-70)92-52)100-51-23(60)33(79)41(14(5-69)91-51)99-50-22(59)32(78)40(13(4-68)90-50)98-48-21(58)30(76)29(75)11(2-66)89-48;1-2/h11-55,66-85H,2-10,57-64H2,1H3,(H,65,86);1-2H/t11-,12-,13-,14-,15-,16-,17-,18-,19-,20-,21-,22-,23-,24-,25-,26-,27-,28-,29-,30-,31-,32-,33-,34-,35-,36-,37-,38-,39-,40-,41-,42-,43-,44-,45-,46-,47-,48+,49+,50+,51+,52+,53+,54+,55+;/m1./s1. The van der Waals surface area contributed by atoms with Crippen molar-refractivity contribution in [2.45, 2.75) is 276 Å². The van der Waals surface area contributed by atoms with Gasteiger partial charge in [0.15, 0.2) is 56.6 Å². The van der Waals surface area contributed by atoms with E-state index in [-0.39, 0.29) is 0 Å². The summed E-state index contributed by atoms with van der Waals surface area (Å²) in [6.45, 7) is -8.24. The molecule has 45 atom stereocenters. The average molecular weight is 1560 g/mol. The highest BCUT2D eigenvalue weighted by atomic mass is 17.0. The number of alkyl carbamates (subject to hydrolysis) is 1. The van der Waals surface area contributed by atoms with Crippen LogP contribution in [0.2, 0.25) is 0 Å². The van der Waals surface area contributed by atoms with E-state index >= 15 is 0 Å². The lowest BCUT2D eigenvalue weighted by molar-refractivity contribution is -0.372. The predicted molar refractivity (Wildman–Crippen MR) is 331 cm³/mol. The van der Waals surface area contributed by atoms with Gasteiger partial charge >= 0.3 is 6.09 Å². The number of aliphatic hydroxyl groups excluding tert-OH is 20. The molecule has 39 N–H and O–H groups in total. The molecule has 0 bridgehead atoms. The summed E-state index contributed by atoms with van der Waals surface area (Å²) < 4.78 is 104. The number of carbonyl (C=O) groups excluding carboxylic acids is 1. The lowest BCUT2D eigenvalue weighted by atomic mass is 9.93. The van der Waals surface area contributed by atoms with Gasteiger partial charge in [0.25, 0.3) is 0 Å². The zero-order valence-electron chi connectivity index (χ0n) is 56.6. The Hall–Kier alpha value is -2.61. The zero-order chi connectivity index (χ0) is 78.4. The third-order valence-electron chi connectivity index (χ3n) is 19.9. The highest BCUT2D eigenvalue weighted by Gasteiger charge is 2.60. The van der Waals surface area contributed by atoms with Gasteiger partial charge in [0.1, 0.15) is 171 Å². The smallest absolute Gasteiger partial charge is 0.407 e. The Morgan fingerprint density at radius 3 is 0.698 bits per heavy atom. The van der Waals surface area contributed by atoms with E-state index in [2.05, 4.69) is 5.32 Å². The van der Waals surface area contributed by atoms with Crippen molar-refractivity contribution in [2.75, 3.05) is 66.6 Å². The molecular weight excluding hydrogens is 1450 g/mol. The maximum atomic E-state index is 12.8. The van der Waals surface area contributed by atoms with Gasteiger partial charge in [-0.2, -0.15) is 0 Å². The van der Waals surface area contributed by atoms with Crippen LogP contribution in [0.25, 0.3) is 0 Å². The second kappa shape index (κ2) is 39.4. The van der Waals surface area contributed by atoms with E-state index in [0.29, 0.717) is 0 Å². The van der Waals surface area contributed by atoms with Gasteiger partial charge in [0.2, 0.25) is 0 Å². The molecule has 620 valence electrons. The number of ether oxygens (including phenoxy) is 18. The summed E-state index contributed by atoms with van der Waals surface area (Å²) in [4.78, 5) is 12.8. The molecule has 0 unspecified atom stereocenters. The Morgan fingerprint density at radius 2 is 0.462 bits per heavy atom. The lowest BCUT2D eigenvalue weighted by Gasteiger charge is -2.51. The summed E-state index contributed by atoms with van der Waals surface area (Å²) in [5, 5.41) is 231. The van der Waals surface area contributed by atoms with E-state index < -0.39 is 341 Å². The fourth-order valence-corrected chi connectivity index (χ4v) is 13.7. The minimum atomic E-state index is -2.04. The van der Waals surface area contributed by atoms with Crippen LogP contribution in [0.3, 0.4) is 0 Å². The molecule has 1 amide bonds. The van der Waals surface area contributed by atoms with Crippen LogP contribution >= 0.6 is 0 Å². The second-order valence-corrected chi connectivity index (χ2v) is 26.5. The molecule has 0 radical (unpaired) electrons. The third kappa shape index (κ3) is 18.8. The Balaban J connectivity index is 0.00000703. The molecule has 9 heterocycles. The third-order valence-corrected chi connectivity index (χ3v) is 19.9. The first-order valence-electron chi connectivity index (χ1n) is 33.6. The molecule has 0 aromatic heterocycles.